The van der Waals surface area contributed by atoms with Crippen LogP contribution in [-0.2, 0) is 17.8 Å². The molecule has 3 unspecified atom stereocenters. The van der Waals surface area contributed by atoms with E-state index in [1.807, 2.05) is 12.4 Å². The molecule has 3 rings (SSSR count). The van der Waals surface area contributed by atoms with Gasteiger partial charge in [-0.3, -0.25) is 4.79 Å². The number of aromatic nitrogens is 2. The molecule has 0 aromatic carbocycles. The normalized spacial score (nSPS) is 29.1. The topological polar surface area (TPSA) is 46.9 Å². The van der Waals surface area contributed by atoms with Crippen molar-refractivity contribution in [2.75, 3.05) is 0 Å². The van der Waals surface area contributed by atoms with Gasteiger partial charge in [0.1, 0.15) is 5.82 Å². The van der Waals surface area contributed by atoms with Gasteiger partial charge in [0.15, 0.2) is 5.78 Å². The summed E-state index contributed by atoms with van der Waals surface area (Å²) in [6.45, 7) is 3.10. The van der Waals surface area contributed by atoms with E-state index in [4.69, 9.17) is 0 Å². The van der Waals surface area contributed by atoms with E-state index in [-0.39, 0.29) is 6.04 Å². The number of aryl methyl sites for hydroxylation is 1. The minimum atomic E-state index is 0.0520. The summed E-state index contributed by atoms with van der Waals surface area (Å²) in [6, 6.07) is 0.632. The molecular formula is C17H27N3O. The zero-order valence-electron chi connectivity index (χ0n) is 13.1. The van der Waals surface area contributed by atoms with E-state index in [0.717, 1.165) is 31.1 Å². The lowest BCUT2D eigenvalue weighted by Gasteiger charge is -2.40. The molecule has 2 heterocycles. The lowest BCUT2D eigenvalue weighted by atomic mass is 9.77. The number of ketones is 1. The molecular weight excluding hydrogens is 262 g/mol. The lowest BCUT2D eigenvalue weighted by molar-refractivity contribution is -0.121. The Kier molecular flexibility index (Phi) is 4.73. The second-order valence-corrected chi connectivity index (χ2v) is 6.63. The van der Waals surface area contributed by atoms with Crippen molar-refractivity contribution >= 4 is 5.78 Å². The number of hydrogen-bond donors (Lipinski definition) is 1. The van der Waals surface area contributed by atoms with Gasteiger partial charge in [-0.2, -0.15) is 0 Å². The van der Waals surface area contributed by atoms with Crippen molar-refractivity contribution in [1.29, 1.82) is 0 Å². The van der Waals surface area contributed by atoms with E-state index in [9.17, 15) is 4.79 Å². The molecule has 1 N–H and O–H groups in total. The van der Waals surface area contributed by atoms with Crippen molar-refractivity contribution < 1.29 is 4.79 Å². The highest BCUT2D eigenvalue weighted by Crippen LogP contribution is 2.32. The minimum Gasteiger partial charge on any atom is -0.335 e. The minimum absolute atomic E-state index is 0.0520. The van der Waals surface area contributed by atoms with Gasteiger partial charge in [0, 0.05) is 25.0 Å². The quantitative estimate of drug-likeness (QED) is 0.906. The lowest BCUT2D eigenvalue weighted by Crippen LogP contribution is -2.52. The van der Waals surface area contributed by atoms with Crippen LogP contribution in [0.25, 0.3) is 0 Å². The van der Waals surface area contributed by atoms with Gasteiger partial charge < -0.3 is 9.88 Å². The molecule has 2 aliphatic rings. The molecule has 0 spiro atoms. The number of nitrogens with zero attached hydrogens (tertiary/aromatic N) is 2. The molecule has 1 aromatic heterocycles. The van der Waals surface area contributed by atoms with E-state index in [1.165, 1.54) is 32.1 Å². The van der Waals surface area contributed by atoms with Crippen LogP contribution in [0.2, 0.25) is 0 Å². The number of carbonyl (C=O) groups excluding carboxylic acids is 1. The van der Waals surface area contributed by atoms with Gasteiger partial charge in [0.25, 0.3) is 0 Å². The molecule has 1 saturated carbocycles. The zero-order valence-corrected chi connectivity index (χ0v) is 13.1. The largest absolute Gasteiger partial charge is 0.335 e. The number of piperidine rings is 1. The number of Topliss-reactive ketones (excluding diaryl/α,β-unsaturated/α-hetero) is 1. The van der Waals surface area contributed by atoms with Gasteiger partial charge >= 0.3 is 0 Å². The van der Waals surface area contributed by atoms with E-state index in [2.05, 4.69) is 21.8 Å². The monoisotopic (exact) mass is 289 g/mol. The molecule has 21 heavy (non-hydrogen) atoms. The van der Waals surface area contributed by atoms with Crippen LogP contribution in [0.3, 0.4) is 0 Å². The maximum Gasteiger partial charge on any atom is 0.157 e. The van der Waals surface area contributed by atoms with Crippen molar-refractivity contribution in [3.8, 4) is 0 Å². The summed E-state index contributed by atoms with van der Waals surface area (Å²) >= 11 is 0. The molecule has 116 valence electrons. The highest BCUT2D eigenvalue weighted by molar-refractivity contribution is 5.85. The number of carbonyl (C=O) groups is 1. The molecule has 2 fully saturated rings. The molecule has 0 bridgehead atoms. The molecule has 1 aromatic rings. The highest BCUT2D eigenvalue weighted by atomic mass is 16.1. The van der Waals surface area contributed by atoms with E-state index in [0.29, 0.717) is 18.2 Å². The highest BCUT2D eigenvalue weighted by Gasteiger charge is 2.34. The van der Waals surface area contributed by atoms with Crippen LogP contribution in [0.15, 0.2) is 12.4 Å². The Morgan fingerprint density at radius 2 is 2.19 bits per heavy atom. The summed E-state index contributed by atoms with van der Waals surface area (Å²) in [5.74, 6) is 2.06. The van der Waals surface area contributed by atoms with Gasteiger partial charge in [-0.25, -0.2) is 4.98 Å². The van der Waals surface area contributed by atoms with Gasteiger partial charge in [-0.05, 0) is 38.0 Å². The SMILES string of the molecule is CCCn1ccnc1CC(=O)C1CCC2CCCCC2N1. The Hall–Kier alpha value is -1.16. The first-order chi connectivity index (χ1) is 10.3. The summed E-state index contributed by atoms with van der Waals surface area (Å²) < 4.78 is 2.12. The van der Waals surface area contributed by atoms with Gasteiger partial charge in [-0.15, -0.1) is 0 Å². The van der Waals surface area contributed by atoms with E-state index >= 15 is 0 Å². The second-order valence-electron chi connectivity index (χ2n) is 6.63. The number of hydrogen-bond acceptors (Lipinski definition) is 3. The number of fused-ring (bicyclic) bond motifs is 1. The fraction of sp³-hybridized carbons (Fsp3) is 0.765. The summed E-state index contributed by atoms with van der Waals surface area (Å²) in [5.41, 5.74) is 0. The third-order valence-corrected chi connectivity index (χ3v) is 5.14. The Morgan fingerprint density at radius 3 is 3.05 bits per heavy atom. The smallest absolute Gasteiger partial charge is 0.157 e. The number of rotatable bonds is 5. The van der Waals surface area contributed by atoms with Crippen molar-refractivity contribution in [2.45, 2.75) is 76.9 Å². The molecule has 1 aliphatic carbocycles. The molecule has 1 saturated heterocycles. The standard InChI is InChI=1S/C17H27N3O/c1-2-10-20-11-9-18-17(20)12-16(21)15-8-7-13-5-3-4-6-14(13)19-15/h9,11,13-15,19H,2-8,10,12H2,1H3. The first kappa shape index (κ1) is 14.8. The molecule has 0 radical (unpaired) electrons. The predicted octanol–water partition coefficient (Wildman–Crippen LogP) is 2.72. The van der Waals surface area contributed by atoms with Crippen molar-refractivity contribution in [3.05, 3.63) is 18.2 Å². The number of nitrogens with one attached hydrogen (secondary N) is 1. The van der Waals surface area contributed by atoms with Crippen molar-refractivity contribution in [2.24, 2.45) is 5.92 Å². The average molecular weight is 289 g/mol. The summed E-state index contributed by atoms with van der Waals surface area (Å²) in [6.07, 6.45) is 12.8. The van der Waals surface area contributed by atoms with Gasteiger partial charge in [-0.1, -0.05) is 19.8 Å². The van der Waals surface area contributed by atoms with Gasteiger partial charge in [0.05, 0.1) is 12.5 Å². The maximum absolute atomic E-state index is 12.6. The van der Waals surface area contributed by atoms with Crippen LogP contribution in [-0.4, -0.2) is 27.4 Å². The fourth-order valence-electron chi connectivity index (χ4n) is 3.98. The first-order valence-electron chi connectivity index (χ1n) is 8.56. The third kappa shape index (κ3) is 3.37. The molecule has 3 atom stereocenters. The second kappa shape index (κ2) is 6.73. The predicted molar refractivity (Wildman–Crippen MR) is 83.1 cm³/mol. The average Bonchev–Trinajstić information content (AvgIpc) is 2.94. The first-order valence-corrected chi connectivity index (χ1v) is 8.56. The van der Waals surface area contributed by atoms with Crippen LogP contribution in [0.1, 0.15) is 57.7 Å². The van der Waals surface area contributed by atoms with E-state index in [1.54, 1.807) is 0 Å². The molecule has 4 nitrogen and oxygen atoms in total. The van der Waals surface area contributed by atoms with E-state index < -0.39 is 0 Å². The fourth-order valence-corrected chi connectivity index (χ4v) is 3.98. The molecule has 4 heteroatoms. The Morgan fingerprint density at radius 1 is 1.33 bits per heavy atom. The van der Waals surface area contributed by atoms with Gasteiger partial charge in [0.2, 0.25) is 0 Å². The van der Waals surface area contributed by atoms with Crippen LogP contribution in [0.4, 0.5) is 0 Å². The van der Waals surface area contributed by atoms with Crippen LogP contribution >= 0.6 is 0 Å². The number of imidazole rings is 1. The van der Waals surface area contributed by atoms with Crippen LogP contribution in [0.5, 0.6) is 0 Å². The summed E-state index contributed by atoms with van der Waals surface area (Å²) in [5, 5.41) is 3.63. The van der Waals surface area contributed by atoms with Crippen LogP contribution < -0.4 is 5.32 Å². The Balaban J connectivity index is 1.59. The Bertz CT molecular complexity index is 482. The van der Waals surface area contributed by atoms with Crippen LogP contribution in [0, 0.1) is 5.92 Å². The molecule has 0 amide bonds. The summed E-state index contributed by atoms with van der Waals surface area (Å²) in [4.78, 5) is 16.9. The van der Waals surface area contributed by atoms with Crippen molar-refractivity contribution in [1.82, 2.24) is 14.9 Å². The zero-order chi connectivity index (χ0) is 14.7. The summed E-state index contributed by atoms with van der Waals surface area (Å²) in [7, 11) is 0. The third-order valence-electron chi connectivity index (χ3n) is 5.14. The Labute approximate surface area is 127 Å². The molecule has 1 aliphatic heterocycles. The van der Waals surface area contributed by atoms with Crippen molar-refractivity contribution in [3.63, 3.8) is 0 Å². The maximum atomic E-state index is 12.6.